The summed E-state index contributed by atoms with van der Waals surface area (Å²) in [6.07, 6.45) is 4.55. The van der Waals surface area contributed by atoms with Crippen molar-refractivity contribution in [3.05, 3.63) is 23.8 Å². The summed E-state index contributed by atoms with van der Waals surface area (Å²) in [5, 5.41) is 0. The van der Waals surface area contributed by atoms with Crippen molar-refractivity contribution in [1.82, 2.24) is 4.90 Å². The summed E-state index contributed by atoms with van der Waals surface area (Å²) in [4.78, 5) is 14.0. The van der Waals surface area contributed by atoms with Crippen LogP contribution in [0.1, 0.15) is 31.2 Å². The molecule has 1 saturated carbocycles. The SMILES string of the molecule is NCC(=O)N(Cc1ccc2c(c1)OCO2)C1CCCC1. The van der Waals surface area contributed by atoms with Gasteiger partial charge in [0.25, 0.3) is 0 Å². The Morgan fingerprint density at radius 2 is 2.00 bits per heavy atom. The number of hydrogen-bond donors (Lipinski definition) is 1. The molecule has 1 aromatic carbocycles. The number of rotatable bonds is 4. The molecule has 1 amide bonds. The largest absolute Gasteiger partial charge is 0.454 e. The van der Waals surface area contributed by atoms with E-state index < -0.39 is 0 Å². The monoisotopic (exact) mass is 276 g/mol. The summed E-state index contributed by atoms with van der Waals surface area (Å²) >= 11 is 0. The summed E-state index contributed by atoms with van der Waals surface area (Å²) in [6.45, 7) is 0.936. The molecule has 108 valence electrons. The number of nitrogens with two attached hydrogens (primary N) is 1. The number of benzene rings is 1. The zero-order chi connectivity index (χ0) is 13.9. The Labute approximate surface area is 118 Å². The second-order valence-electron chi connectivity index (χ2n) is 5.35. The van der Waals surface area contributed by atoms with Gasteiger partial charge in [-0.3, -0.25) is 4.79 Å². The van der Waals surface area contributed by atoms with E-state index in [4.69, 9.17) is 15.2 Å². The van der Waals surface area contributed by atoms with E-state index in [1.54, 1.807) is 0 Å². The Kier molecular flexibility index (Phi) is 3.78. The molecule has 1 aliphatic carbocycles. The van der Waals surface area contributed by atoms with Gasteiger partial charge in [0, 0.05) is 12.6 Å². The topological polar surface area (TPSA) is 64.8 Å². The molecule has 1 heterocycles. The van der Waals surface area contributed by atoms with Crippen LogP contribution in [0.2, 0.25) is 0 Å². The van der Waals surface area contributed by atoms with Crippen LogP contribution < -0.4 is 15.2 Å². The first-order valence-corrected chi connectivity index (χ1v) is 7.16. The molecule has 5 heteroatoms. The van der Waals surface area contributed by atoms with Crippen LogP contribution in [-0.2, 0) is 11.3 Å². The molecule has 1 aliphatic heterocycles. The van der Waals surface area contributed by atoms with Gasteiger partial charge in [0.05, 0.1) is 6.54 Å². The van der Waals surface area contributed by atoms with E-state index in [9.17, 15) is 4.79 Å². The van der Waals surface area contributed by atoms with Gasteiger partial charge in [0.15, 0.2) is 11.5 Å². The van der Waals surface area contributed by atoms with Crippen molar-refractivity contribution in [3.8, 4) is 11.5 Å². The molecule has 0 spiro atoms. The maximum Gasteiger partial charge on any atom is 0.236 e. The average molecular weight is 276 g/mol. The number of ether oxygens (including phenoxy) is 2. The number of fused-ring (bicyclic) bond motifs is 1. The van der Waals surface area contributed by atoms with Crippen LogP contribution in [0.5, 0.6) is 11.5 Å². The molecular formula is C15H20N2O3. The summed E-state index contributed by atoms with van der Waals surface area (Å²) < 4.78 is 10.7. The van der Waals surface area contributed by atoms with Gasteiger partial charge in [-0.25, -0.2) is 0 Å². The number of amides is 1. The molecule has 2 N–H and O–H groups in total. The second kappa shape index (κ2) is 5.71. The normalized spacial score (nSPS) is 17.4. The molecule has 5 nitrogen and oxygen atoms in total. The Morgan fingerprint density at radius 3 is 2.75 bits per heavy atom. The fourth-order valence-electron chi connectivity index (χ4n) is 2.99. The molecule has 0 unspecified atom stereocenters. The highest BCUT2D eigenvalue weighted by molar-refractivity contribution is 5.78. The fraction of sp³-hybridized carbons (Fsp3) is 0.533. The summed E-state index contributed by atoms with van der Waals surface area (Å²) in [5.74, 6) is 1.55. The lowest BCUT2D eigenvalue weighted by molar-refractivity contribution is -0.132. The van der Waals surface area contributed by atoms with Crippen LogP contribution in [0.4, 0.5) is 0 Å². The third kappa shape index (κ3) is 2.58. The van der Waals surface area contributed by atoms with Gasteiger partial charge >= 0.3 is 0 Å². The Bertz CT molecular complexity index is 498. The van der Waals surface area contributed by atoms with Crippen molar-refractivity contribution in [3.63, 3.8) is 0 Å². The lowest BCUT2D eigenvalue weighted by Crippen LogP contribution is -2.41. The smallest absolute Gasteiger partial charge is 0.236 e. The van der Waals surface area contributed by atoms with Gasteiger partial charge in [-0.15, -0.1) is 0 Å². The van der Waals surface area contributed by atoms with E-state index in [1.165, 1.54) is 12.8 Å². The molecule has 0 aromatic heterocycles. The van der Waals surface area contributed by atoms with E-state index >= 15 is 0 Å². The third-order valence-corrected chi connectivity index (χ3v) is 4.05. The maximum absolute atomic E-state index is 12.1. The molecule has 1 aromatic rings. The van der Waals surface area contributed by atoms with Crippen molar-refractivity contribution in [2.24, 2.45) is 5.73 Å². The predicted octanol–water partition coefficient (Wildman–Crippen LogP) is 1.65. The van der Waals surface area contributed by atoms with Gasteiger partial charge in [0.2, 0.25) is 12.7 Å². The van der Waals surface area contributed by atoms with E-state index in [2.05, 4.69) is 0 Å². The van der Waals surface area contributed by atoms with Crippen molar-refractivity contribution < 1.29 is 14.3 Å². The first kappa shape index (κ1) is 13.2. The number of nitrogens with zero attached hydrogens (tertiary/aromatic N) is 1. The van der Waals surface area contributed by atoms with Crippen molar-refractivity contribution in [2.75, 3.05) is 13.3 Å². The lowest BCUT2D eigenvalue weighted by Gasteiger charge is -2.28. The molecule has 0 radical (unpaired) electrons. The van der Waals surface area contributed by atoms with E-state index in [0.29, 0.717) is 12.6 Å². The van der Waals surface area contributed by atoms with Crippen LogP contribution in [0.25, 0.3) is 0 Å². The van der Waals surface area contributed by atoms with Gasteiger partial charge in [-0.2, -0.15) is 0 Å². The van der Waals surface area contributed by atoms with E-state index in [0.717, 1.165) is 29.9 Å². The number of hydrogen-bond acceptors (Lipinski definition) is 4. The molecule has 1 fully saturated rings. The van der Waals surface area contributed by atoms with Crippen LogP contribution in [0.3, 0.4) is 0 Å². The van der Waals surface area contributed by atoms with Gasteiger partial charge in [0.1, 0.15) is 0 Å². The number of carbonyl (C=O) groups is 1. The second-order valence-corrected chi connectivity index (χ2v) is 5.35. The van der Waals surface area contributed by atoms with Gasteiger partial charge in [-0.05, 0) is 30.5 Å². The zero-order valence-electron chi connectivity index (χ0n) is 11.5. The highest BCUT2D eigenvalue weighted by Gasteiger charge is 2.26. The standard InChI is InChI=1S/C15H20N2O3/c16-8-15(18)17(12-3-1-2-4-12)9-11-5-6-13-14(7-11)20-10-19-13/h5-7,12H,1-4,8-10,16H2. The molecule has 0 atom stereocenters. The minimum absolute atomic E-state index is 0.0227. The molecule has 20 heavy (non-hydrogen) atoms. The van der Waals surface area contributed by atoms with Crippen LogP contribution in [0.15, 0.2) is 18.2 Å². The highest BCUT2D eigenvalue weighted by atomic mass is 16.7. The summed E-state index contributed by atoms with van der Waals surface area (Å²) in [6, 6.07) is 6.17. The summed E-state index contributed by atoms with van der Waals surface area (Å²) in [7, 11) is 0. The van der Waals surface area contributed by atoms with Crippen molar-refractivity contribution >= 4 is 5.91 Å². The lowest BCUT2D eigenvalue weighted by atomic mass is 10.1. The molecule has 3 rings (SSSR count). The molecule has 0 saturated heterocycles. The van der Waals surface area contributed by atoms with Gasteiger partial charge < -0.3 is 20.1 Å². The van der Waals surface area contributed by atoms with Crippen LogP contribution in [0, 0.1) is 0 Å². The predicted molar refractivity (Wildman–Crippen MR) is 74.4 cm³/mol. The molecule has 2 aliphatic rings. The minimum Gasteiger partial charge on any atom is -0.454 e. The first-order valence-electron chi connectivity index (χ1n) is 7.16. The quantitative estimate of drug-likeness (QED) is 0.908. The fourth-order valence-corrected chi connectivity index (χ4v) is 2.99. The van der Waals surface area contributed by atoms with Gasteiger partial charge in [-0.1, -0.05) is 18.9 Å². The Balaban J connectivity index is 1.76. The van der Waals surface area contributed by atoms with E-state index in [-0.39, 0.29) is 19.2 Å². The zero-order valence-corrected chi connectivity index (χ0v) is 11.5. The van der Waals surface area contributed by atoms with Crippen LogP contribution in [-0.4, -0.2) is 30.2 Å². The summed E-state index contributed by atoms with van der Waals surface area (Å²) in [5.41, 5.74) is 6.61. The van der Waals surface area contributed by atoms with E-state index in [1.807, 2.05) is 23.1 Å². The van der Waals surface area contributed by atoms with Crippen molar-refractivity contribution in [1.29, 1.82) is 0 Å². The molecule has 0 bridgehead atoms. The Hall–Kier alpha value is -1.75. The Morgan fingerprint density at radius 1 is 1.25 bits per heavy atom. The van der Waals surface area contributed by atoms with Crippen molar-refractivity contribution in [2.45, 2.75) is 38.3 Å². The minimum atomic E-state index is 0.0227. The van der Waals surface area contributed by atoms with Crippen LogP contribution >= 0.6 is 0 Å². The average Bonchev–Trinajstić information content (AvgIpc) is 3.14. The maximum atomic E-state index is 12.1. The first-order chi connectivity index (χ1) is 9.78. The third-order valence-electron chi connectivity index (χ3n) is 4.05. The molecular weight excluding hydrogens is 256 g/mol. The number of carbonyl (C=O) groups excluding carboxylic acids is 1. The highest BCUT2D eigenvalue weighted by Crippen LogP contribution is 2.33.